The topological polar surface area (TPSA) is 146 Å². The van der Waals surface area contributed by atoms with E-state index in [2.05, 4.69) is 21.9 Å². The zero-order valence-electron chi connectivity index (χ0n) is 23.5. The quantitative estimate of drug-likeness (QED) is 0.430. The predicted molar refractivity (Wildman–Crippen MR) is 138 cm³/mol. The fraction of sp³-hybridized carbons (Fsp3) is 0.615. The normalized spacial score (nSPS) is 22.9. The fourth-order valence-electron chi connectivity index (χ4n) is 5.26. The molecule has 0 aromatic carbocycles. The summed E-state index contributed by atoms with van der Waals surface area (Å²) in [6.45, 7) is 3.08. The summed E-state index contributed by atoms with van der Waals surface area (Å²) in [6, 6.07) is 3.10. The third kappa shape index (κ3) is 8.07. The second-order valence-corrected chi connectivity index (χ2v) is 10.6. The Morgan fingerprint density at radius 2 is 1.29 bits per heavy atom. The average Bonchev–Trinajstić information content (AvgIpc) is 3.53. The average molecular weight is 584 g/mol. The lowest BCUT2D eigenvalue weighted by Crippen LogP contribution is -2.47. The zero-order valence-corrected chi connectivity index (χ0v) is 23.5. The van der Waals surface area contributed by atoms with Crippen LogP contribution in [-0.4, -0.2) is 78.9 Å². The van der Waals surface area contributed by atoms with Crippen molar-refractivity contribution in [2.75, 3.05) is 19.7 Å². The van der Waals surface area contributed by atoms with Gasteiger partial charge in [-0.05, 0) is 49.7 Å². The number of aryl methyl sites for hydroxylation is 2. The maximum absolute atomic E-state index is 12.2. The van der Waals surface area contributed by atoms with E-state index in [1.165, 1.54) is 4.90 Å². The Labute approximate surface area is 235 Å². The van der Waals surface area contributed by atoms with Crippen LogP contribution in [0.25, 0.3) is 0 Å². The number of halogens is 3. The standard InChI is InChI=1S/C14H18F3N3O3.C12H18N4O2/c1-9-3-4-11(10-5-6-18-19(10)2)20(7-9)12(21)13(22)23-8-14(15,16)17;1-8-3-4-10(9-5-6-14-15(9)2)16(7-8)12(18)11(13)17/h5-6,9,11H,3-4,7-8H2,1-2H3;5-6,8,10H,3-4,7H2,1-2H3,(H2,13,17)/t;8-,10-/m.1/s1. The zero-order chi connectivity index (χ0) is 30.5. The number of ether oxygens (including phenoxy) is 1. The number of piperidine rings is 2. The van der Waals surface area contributed by atoms with Gasteiger partial charge in [0.2, 0.25) is 0 Å². The van der Waals surface area contributed by atoms with E-state index in [1.807, 2.05) is 20.0 Å². The first-order chi connectivity index (χ1) is 19.2. The lowest BCUT2D eigenvalue weighted by atomic mass is 9.92. The molecule has 2 saturated heterocycles. The number of hydrogen-bond donors (Lipinski definition) is 1. The molecule has 12 nitrogen and oxygen atoms in total. The van der Waals surface area contributed by atoms with Crippen LogP contribution in [0.2, 0.25) is 0 Å². The molecule has 0 aliphatic carbocycles. The molecule has 2 aromatic heterocycles. The lowest BCUT2D eigenvalue weighted by molar-refractivity contribution is -0.190. The summed E-state index contributed by atoms with van der Waals surface area (Å²) in [5.74, 6) is -3.49. The molecule has 0 radical (unpaired) electrons. The van der Waals surface area contributed by atoms with Gasteiger partial charge in [-0.15, -0.1) is 0 Å². The van der Waals surface area contributed by atoms with Gasteiger partial charge in [0.1, 0.15) is 0 Å². The van der Waals surface area contributed by atoms with Crippen molar-refractivity contribution in [2.45, 2.75) is 57.8 Å². The van der Waals surface area contributed by atoms with E-state index in [-0.39, 0.29) is 18.5 Å². The number of carbonyl (C=O) groups is 4. The molecule has 2 aromatic rings. The number of nitrogens with two attached hydrogens (primary N) is 1. The summed E-state index contributed by atoms with van der Waals surface area (Å²) in [7, 11) is 3.54. The van der Waals surface area contributed by atoms with Gasteiger partial charge in [0.05, 0.1) is 23.5 Å². The van der Waals surface area contributed by atoms with E-state index in [9.17, 15) is 32.3 Å². The minimum absolute atomic E-state index is 0.103. The van der Waals surface area contributed by atoms with Crippen LogP contribution in [0.1, 0.15) is 63.0 Å². The molecule has 2 N–H and O–H groups in total. The van der Waals surface area contributed by atoms with E-state index in [0.29, 0.717) is 18.9 Å². The summed E-state index contributed by atoms with van der Waals surface area (Å²) < 4.78 is 43.8. The summed E-state index contributed by atoms with van der Waals surface area (Å²) in [6.07, 6.45) is 1.92. The number of primary amides is 1. The molecule has 0 spiro atoms. The predicted octanol–water partition coefficient (Wildman–Crippen LogP) is 2.03. The molecule has 4 rings (SSSR count). The smallest absolute Gasteiger partial charge is 0.422 e. The van der Waals surface area contributed by atoms with E-state index >= 15 is 0 Å². The van der Waals surface area contributed by atoms with Crippen LogP contribution in [-0.2, 0) is 38.0 Å². The molecule has 2 aliphatic rings. The number of hydrogen-bond acceptors (Lipinski definition) is 7. The van der Waals surface area contributed by atoms with Gasteiger partial charge in [-0.25, -0.2) is 4.79 Å². The van der Waals surface area contributed by atoms with E-state index in [1.54, 1.807) is 39.8 Å². The summed E-state index contributed by atoms with van der Waals surface area (Å²) >= 11 is 0. The Kier molecular flexibility index (Phi) is 10.2. The van der Waals surface area contributed by atoms with Crippen molar-refractivity contribution in [2.24, 2.45) is 31.7 Å². The van der Waals surface area contributed by atoms with Gasteiger partial charge in [0.15, 0.2) is 6.61 Å². The molecule has 2 fully saturated rings. The van der Waals surface area contributed by atoms with Gasteiger partial charge in [-0.3, -0.25) is 23.7 Å². The number of aromatic nitrogens is 4. The van der Waals surface area contributed by atoms with E-state index in [4.69, 9.17) is 5.73 Å². The van der Waals surface area contributed by atoms with Crippen LogP contribution in [0.4, 0.5) is 13.2 Å². The van der Waals surface area contributed by atoms with Gasteiger partial charge in [0, 0.05) is 39.6 Å². The van der Waals surface area contributed by atoms with Gasteiger partial charge < -0.3 is 20.3 Å². The summed E-state index contributed by atoms with van der Waals surface area (Å²) in [5, 5.41) is 8.14. The van der Waals surface area contributed by atoms with Gasteiger partial charge >= 0.3 is 29.9 Å². The van der Waals surface area contributed by atoms with Crippen molar-refractivity contribution >= 4 is 23.7 Å². The minimum atomic E-state index is -4.66. The van der Waals surface area contributed by atoms with Crippen LogP contribution in [0.5, 0.6) is 0 Å². The number of carbonyl (C=O) groups excluding carboxylic acids is 4. The maximum atomic E-state index is 12.2. The van der Waals surface area contributed by atoms with Crippen LogP contribution >= 0.6 is 0 Å². The highest BCUT2D eigenvalue weighted by Crippen LogP contribution is 2.34. The molecule has 2 unspecified atom stereocenters. The molecule has 226 valence electrons. The fourth-order valence-corrected chi connectivity index (χ4v) is 5.26. The number of alkyl halides is 3. The van der Waals surface area contributed by atoms with E-state index < -0.39 is 42.5 Å². The maximum Gasteiger partial charge on any atom is 0.422 e. The van der Waals surface area contributed by atoms with Crippen molar-refractivity contribution in [1.29, 1.82) is 0 Å². The molecule has 0 bridgehead atoms. The highest BCUT2D eigenvalue weighted by atomic mass is 19.4. The van der Waals surface area contributed by atoms with Crippen molar-refractivity contribution in [3.05, 3.63) is 35.9 Å². The number of nitrogens with zero attached hydrogens (tertiary/aromatic N) is 6. The first kappa shape index (κ1) is 31.6. The molecule has 41 heavy (non-hydrogen) atoms. The van der Waals surface area contributed by atoms with Gasteiger partial charge in [0.25, 0.3) is 0 Å². The first-order valence-electron chi connectivity index (χ1n) is 13.3. The van der Waals surface area contributed by atoms with Crippen molar-refractivity contribution in [1.82, 2.24) is 29.4 Å². The van der Waals surface area contributed by atoms with Crippen LogP contribution in [0.15, 0.2) is 24.5 Å². The third-order valence-electron chi connectivity index (χ3n) is 7.31. The molecule has 3 amide bonds. The van der Waals surface area contributed by atoms with Crippen LogP contribution in [0, 0.1) is 11.8 Å². The second kappa shape index (κ2) is 13.2. The molecule has 4 atom stereocenters. The first-order valence-corrected chi connectivity index (χ1v) is 13.3. The lowest BCUT2D eigenvalue weighted by Gasteiger charge is -2.37. The van der Waals surface area contributed by atoms with Gasteiger partial charge in [-0.1, -0.05) is 13.8 Å². The second-order valence-electron chi connectivity index (χ2n) is 10.6. The van der Waals surface area contributed by atoms with Crippen molar-refractivity contribution in [3.63, 3.8) is 0 Å². The molecule has 0 saturated carbocycles. The Balaban J connectivity index is 0.000000232. The summed E-state index contributed by atoms with van der Waals surface area (Å²) in [5.41, 5.74) is 6.78. The number of esters is 1. The summed E-state index contributed by atoms with van der Waals surface area (Å²) in [4.78, 5) is 49.7. The SMILES string of the molecule is CC1CCC(c2ccnn2C)N(C(=O)C(=O)OCC(F)(F)F)C1.C[C@@H]1CC[C@H](c2ccnn2C)N(C(=O)C(N)=O)C1. The highest BCUT2D eigenvalue weighted by molar-refractivity contribution is 6.34. The van der Waals surface area contributed by atoms with Crippen LogP contribution in [0.3, 0.4) is 0 Å². The molecule has 4 heterocycles. The number of likely N-dealkylation sites (tertiary alicyclic amines) is 2. The third-order valence-corrected chi connectivity index (χ3v) is 7.31. The molecular formula is C26H36F3N7O5. The molecular weight excluding hydrogens is 547 g/mol. The Bertz CT molecular complexity index is 1240. The molecule has 2 aliphatic heterocycles. The van der Waals surface area contributed by atoms with Crippen molar-refractivity contribution in [3.8, 4) is 0 Å². The van der Waals surface area contributed by atoms with E-state index in [0.717, 1.165) is 30.7 Å². The molecule has 15 heteroatoms. The Morgan fingerprint density at radius 3 is 1.66 bits per heavy atom. The highest BCUT2D eigenvalue weighted by Gasteiger charge is 2.38. The Morgan fingerprint density at radius 1 is 0.854 bits per heavy atom. The Hall–Kier alpha value is -3.91. The monoisotopic (exact) mass is 583 g/mol. The van der Waals surface area contributed by atoms with Crippen LogP contribution < -0.4 is 5.73 Å². The minimum Gasteiger partial charge on any atom is -0.449 e. The number of amides is 3. The number of rotatable bonds is 3. The van der Waals surface area contributed by atoms with Crippen molar-refractivity contribution < 1.29 is 37.1 Å². The largest absolute Gasteiger partial charge is 0.449 e. The van der Waals surface area contributed by atoms with Gasteiger partial charge in [-0.2, -0.15) is 23.4 Å².